The van der Waals surface area contributed by atoms with Crippen molar-refractivity contribution in [3.63, 3.8) is 0 Å². The van der Waals surface area contributed by atoms with Crippen molar-refractivity contribution in [1.29, 1.82) is 0 Å². The van der Waals surface area contributed by atoms with Crippen molar-refractivity contribution in [3.8, 4) is 0 Å². The molecule has 1 N–H and O–H groups in total. The second kappa shape index (κ2) is 8.53. The normalized spacial score (nSPS) is 16.7. The fourth-order valence-corrected chi connectivity index (χ4v) is 5.48. The van der Waals surface area contributed by atoms with E-state index in [2.05, 4.69) is 42.9 Å². The average molecular weight is 489 g/mol. The van der Waals surface area contributed by atoms with Gasteiger partial charge in [-0.05, 0) is 42.7 Å². The Bertz CT molecular complexity index is 1110. The van der Waals surface area contributed by atoms with E-state index < -0.39 is 10.0 Å². The number of rotatable bonds is 6. The summed E-state index contributed by atoms with van der Waals surface area (Å²) in [4.78, 5) is 9.50. The highest BCUT2D eigenvalue weighted by Crippen LogP contribution is 2.33. The zero-order chi connectivity index (χ0) is 21.3. The molecular weight excluding hydrogens is 464 g/mol. The quantitative estimate of drug-likeness (QED) is 0.571. The van der Waals surface area contributed by atoms with Crippen LogP contribution in [0, 0.1) is 6.92 Å². The lowest BCUT2D eigenvalue weighted by molar-refractivity contribution is 0.305. The Labute approximate surface area is 186 Å². The predicted octanol–water partition coefficient (Wildman–Crippen LogP) is 3.87. The van der Waals surface area contributed by atoms with Gasteiger partial charge in [-0.25, -0.2) is 13.4 Å². The Morgan fingerprint density at radius 2 is 2.00 bits per heavy atom. The Morgan fingerprint density at radius 1 is 1.23 bits per heavy atom. The Morgan fingerprint density at radius 3 is 2.67 bits per heavy atom. The number of fused-ring (bicyclic) bond motifs is 1. The molecule has 2 heterocycles. The first-order chi connectivity index (χ1) is 14.3. The van der Waals surface area contributed by atoms with Gasteiger partial charge in [0.1, 0.15) is 0 Å². The summed E-state index contributed by atoms with van der Waals surface area (Å²) in [6, 6.07) is 14.1. The summed E-state index contributed by atoms with van der Waals surface area (Å²) < 4.78 is 28.2. The third-order valence-electron chi connectivity index (χ3n) is 5.48. The van der Waals surface area contributed by atoms with Crippen LogP contribution in [0.25, 0.3) is 0 Å². The number of benzene rings is 2. The molecule has 0 fully saturated rings. The zero-order valence-corrected chi connectivity index (χ0v) is 19.4. The second-order valence-electron chi connectivity index (χ2n) is 7.88. The average Bonchev–Trinajstić information content (AvgIpc) is 3.19. The molecule has 4 rings (SSSR count). The fraction of sp³-hybridized carbons (Fsp3) is 0.318. The number of aromatic nitrogens is 2. The molecule has 30 heavy (non-hydrogen) atoms. The highest BCUT2D eigenvalue weighted by molar-refractivity contribution is 9.10. The van der Waals surface area contributed by atoms with Crippen molar-refractivity contribution >= 4 is 31.6 Å². The van der Waals surface area contributed by atoms with Crippen molar-refractivity contribution in [1.82, 2.24) is 14.3 Å². The molecule has 0 bridgehead atoms. The van der Waals surface area contributed by atoms with Crippen LogP contribution in [-0.2, 0) is 29.5 Å². The molecule has 1 unspecified atom stereocenters. The van der Waals surface area contributed by atoms with Gasteiger partial charge in [0.15, 0.2) is 0 Å². The maximum absolute atomic E-state index is 12.8. The number of anilines is 1. The van der Waals surface area contributed by atoms with E-state index in [1.807, 2.05) is 43.5 Å². The number of imidazole rings is 1. The molecule has 1 aliphatic heterocycles. The number of halogens is 1. The van der Waals surface area contributed by atoms with E-state index in [9.17, 15) is 8.42 Å². The molecule has 3 aromatic rings. The van der Waals surface area contributed by atoms with Crippen LogP contribution in [0.1, 0.15) is 22.4 Å². The molecule has 0 spiro atoms. The highest BCUT2D eigenvalue weighted by atomic mass is 79.9. The van der Waals surface area contributed by atoms with Crippen molar-refractivity contribution in [2.75, 3.05) is 17.7 Å². The van der Waals surface area contributed by atoms with Crippen molar-refractivity contribution < 1.29 is 8.42 Å². The molecular formula is C22H25BrN4O2S. The molecule has 158 valence electrons. The van der Waals surface area contributed by atoms with E-state index in [-0.39, 0.29) is 6.04 Å². The van der Waals surface area contributed by atoms with E-state index in [4.69, 9.17) is 0 Å². The lowest BCUT2D eigenvalue weighted by atomic mass is 9.97. The van der Waals surface area contributed by atoms with Gasteiger partial charge in [-0.2, -0.15) is 4.31 Å². The molecule has 1 aliphatic rings. The molecule has 0 aliphatic carbocycles. The number of aromatic amines is 1. The van der Waals surface area contributed by atoms with E-state index >= 15 is 0 Å². The summed E-state index contributed by atoms with van der Waals surface area (Å²) in [7, 11) is -3.40. The molecule has 0 saturated carbocycles. The van der Waals surface area contributed by atoms with Crippen molar-refractivity contribution in [2.24, 2.45) is 0 Å². The van der Waals surface area contributed by atoms with Crippen LogP contribution in [-0.4, -0.2) is 41.5 Å². The van der Waals surface area contributed by atoms with Crippen molar-refractivity contribution in [2.45, 2.75) is 32.5 Å². The highest BCUT2D eigenvalue weighted by Gasteiger charge is 2.33. The van der Waals surface area contributed by atoms with Gasteiger partial charge in [0.25, 0.3) is 0 Å². The second-order valence-corrected chi connectivity index (χ2v) is 10.7. The molecule has 8 heteroatoms. The molecule has 0 amide bonds. The minimum Gasteiger partial charge on any atom is -0.364 e. The summed E-state index contributed by atoms with van der Waals surface area (Å²) in [6.45, 7) is 3.66. The Hall–Kier alpha value is -2.16. The summed E-state index contributed by atoms with van der Waals surface area (Å²) >= 11 is 3.56. The van der Waals surface area contributed by atoms with Gasteiger partial charge in [-0.3, -0.25) is 0 Å². The SMILES string of the molecule is Cc1ccc(CN(C2Cc3cc(Br)ccc3N(Cc3cnc[nH]3)C2)S(C)(=O)=O)cc1. The standard InChI is InChI=1S/C22H25BrN4O2S/c1-16-3-5-17(6-4-16)12-27(30(2,28)29)21-10-18-9-19(23)7-8-22(18)26(14-21)13-20-11-24-15-25-20/h3-9,11,15,21H,10,12-14H2,1-2H3,(H,24,25). The van der Waals surface area contributed by atoms with Crippen LogP contribution in [0.15, 0.2) is 59.5 Å². The summed E-state index contributed by atoms with van der Waals surface area (Å²) in [5.41, 5.74) is 5.41. The molecule has 0 saturated heterocycles. The topological polar surface area (TPSA) is 69.3 Å². The van der Waals surface area contributed by atoms with E-state index in [1.165, 1.54) is 6.26 Å². The fourth-order valence-electron chi connectivity index (χ4n) is 4.01. The van der Waals surface area contributed by atoms with Crippen molar-refractivity contribution in [3.05, 3.63) is 81.8 Å². The Kier molecular flexibility index (Phi) is 5.99. The minimum atomic E-state index is -3.40. The third-order valence-corrected chi connectivity index (χ3v) is 7.25. The van der Waals surface area contributed by atoms with Gasteiger partial charge in [-0.1, -0.05) is 45.8 Å². The number of hydrogen-bond donors (Lipinski definition) is 1. The smallest absolute Gasteiger partial charge is 0.211 e. The van der Waals surface area contributed by atoms with Crippen LogP contribution >= 0.6 is 15.9 Å². The van der Waals surface area contributed by atoms with E-state index in [0.717, 1.165) is 32.5 Å². The maximum Gasteiger partial charge on any atom is 0.211 e. The maximum atomic E-state index is 12.8. The van der Waals surface area contributed by atoms with Gasteiger partial charge in [0.05, 0.1) is 24.8 Å². The minimum absolute atomic E-state index is 0.161. The first kappa shape index (κ1) is 21.1. The van der Waals surface area contributed by atoms with Gasteiger partial charge < -0.3 is 9.88 Å². The van der Waals surface area contributed by atoms with Gasteiger partial charge >= 0.3 is 0 Å². The molecule has 2 aromatic carbocycles. The molecule has 1 aromatic heterocycles. The number of H-pyrrole nitrogens is 1. The first-order valence-electron chi connectivity index (χ1n) is 9.82. The monoisotopic (exact) mass is 488 g/mol. The predicted molar refractivity (Wildman–Crippen MR) is 123 cm³/mol. The lowest BCUT2D eigenvalue weighted by Crippen LogP contribution is -2.50. The summed E-state index contributed by atoms with van der Waals surface area (Å²) in [6.07, 6.45) is 5.45. The van der Waals surface area contributed by atoms with E-state index in [0.29, 0.717) is 26.1 Å². The van der Waals surface area contributed by atoms with Crippen LogP contribution in [0.3, 0.4) is 0 Å². The van der Waals surface area contributed by atoms with Crippen LogP contribution in [0.4, 0.5) is 5.69 Å². The molecule has 6 nitrogen and oxygen atoms in total. The van der Waals surface area contributed by atoms with Gasteiger partial charge in [0, 0.05) is 35.5 Å². The van der Waals surface area contributed by atoms with Gasteiger partial charge in [-0.15, -0.1) is 0 Å². The van der Waals surface area contributed by atoms with Crippen LogP contribution < -0.4 is 4.90 Å². The zero-order valence-electron chi connectivity index (χ0n) is 17.0. The molecule has 0 radical (unpaired) electrons. The number of sulfonamides is 1. The van der Waals surface area contributed by atoms with Gasteiger partial charge in [0.2, 0.25) is 10.0 Å². The first-order valence-corrected chi connectivity index (χ1v) is 12.5. The van der Waals surface area contributed by atoms with Crippen LogP contribution in [0.5, 0.6) is 0 Å². The number of hydrogen-bond acceptors (Lipinski definition) is 4. The number of nitrogens with one attached hydrogen (secondary N) is 1. The third kappa shape index (κ3) is 4.77. The Balaban J connectivity index is 1.67. The summed E-state index contributed by atoms with van der Waals surface area (Å²) in [5.74, 6) is 0. The van der Waals surface area contributed by atoms with Crippen LogP contribution in [0.2, 0.25) is 0 Å². The largest absolute Gasteiger partial charge is 0.364 e. The summed E-state index contributed by atoms with van der Waals surface area (Å²) in [5, 5.41) is 0. The number of nitrogens with zero attached hydrogens (tertiary/aromatic N) is 3. The lowest BCUT2D eigenvalue weighted by Gasteiger charge is -2.40. The van der Waals surface area contributed by atoms with E-state index in [1.54, 1.807) is 10.6 Å². The number of aryl methyl sites for hydroxylation is 1. The molecule has 1 atom stereocenters.